The van der Waals surface area contributed by atoms with Gasteiger partial charge in [0, 0.05) is 21.5 Å². The summed E-state index contributed by atoms with van der Waals surface area (Å²) in [6, 6.07) is 12.5. The molecule has 2 amide bonds. The molecule has 0 saturated heterocycles. The van der Waals surface area contributed by atoms with E-state index in [9.17, 15) is 9.59 Å². The molecule has 2 aromatic carbocycles. The van der Waals surface area contributed by atoms with E-state index in [0.717, 1.165) is 29.9 Å². The zero-order chi connectivity index (χ0) is 24.1. The number of carbonyl (C=O) groups excluding carboxylic acids is 2. The Hall–Kier alpha value is -3.04. The van der Waals surface area contributed by atoms with Crippen molar-refractivity contribution in [2.75, 3.05) is 30.6 Å². The lowest BCUT2D eigenvalue weighted by Crippen LogP contribution is -2.16. The molecule has 4 rings (SSSR count). The van der Waals surface area contributed by atoms with Crippen molar-refractivity contribution >= 4 is 45.7 Å². The van der Waals surface area contributed by atoms with Gasteiger partial charge in [-0.3, -0.25) is 14.9 Å². The maximum absolute atomic E-state index is 13.0. The molecular weight excluding hydrogens is 470 g/mol. The number of fused-ring (bicyclic) bond motifs is 1. The summed E-state index contributed by atoms with van der Waals surface area (Å²) in [6.45, 7) is 2.25. The molecule has 178 valence electrons. The number of thiazole rings is 1. The third-order valence-corrected chi connectivity index (χ3v) is 7.67. The number of hydrogen-bond donors (Lipinski definition) is 2. The molecule has 34 heavy (non-hydrogen) atoms. The normalized spacial score (nSPS) is 14.7. The molecule has 1 atom stereocenters. The molecule has 1 unspecified atom stereocenters. The fourth-order valence-electron chi connectivity index (χ4n) is 3.79. The summed E-state index contributed by atoms with van der Waals surface area (Å²) < 4.78 is 10.5. The van der Waals surface area contributed by atoms with Gasteiger partial charge in [0.15, 0.2) is 16.6 Å². The molecule has 0 saturated carbocycles. The predicted molar refractivity (Wildman–Crippen MR) is 137 cm³/mol. The van der Waals surface area contributed by atoms with Crippen molar-refractivity contribution in [3.05, 3.63) is 58.6 Å². The number of nitrogens with one attached hydrogen (secondary N) is 2. The molecule has 9 heteroatoms. The molecular formula is C25H27N3O4S2. The number of carbonyl (C=O) groups is 2. The van der Waals surface area contributed by atoms with Crippen LogP contribution >= 0.6 is 23.1 Å². The van der Waals surface area contributed by atoms with E-state index in [2.05, 4.69) is 22.5 Å². The van der Waals surface area contributed by atoms with E-state index in [1.165, 1.54) is 16.6 Å². The number of benzene rings is 2. The number of methoxy groups -OCH3 is 2. The molecule has 3 aromatic rings. The van der Waals surface area contributed by atoms with Crippen LogP contribution in [0.4, 0.5) is 10.8 Å². The fourth-order valence-corrected chi connectivity index (χ4v) is 5.81. The quantitative estimate of drug-likeness (QED) is 0.412. The Bertz CT molecular complexity index is 1190. The number of anilines is 2. The Kier molecular flexibility index (Phi) is 7.74. The van der Waals surface area contributed by atoms with Crippen molar-refractivity contribution in [1.29, 1.82) is 0 Å². The minimum absolute atomic E-state index is 0.155. The Morgan fingerprint density at radius 2 is 1.91 bits per heavy atom. The van der Waals surface area contributed by atoms with Gasteiger partial charge in [-0.2, -0.15) is 0 Å². The first-order valence-electron chi connectivity index (χ1n) is 11.0. The number of aryl methyl sites for hydroxylation is 1. The van der Waals surface area contributed by atoms with Gasteiger partial charge in [-0.1, -0.05) is 19.1 Å². The number of nitrogens with zero attached hydrogens (tertiary/aromatic N) is 1. The minimum atomic E-state index is -0.220. The topological polar surface area (TPSA) is 89.5 Å². The molecule has 1 aliphatic carbocycles. The zero-order valence-electron chi connectivity index (χ0n) is 19.3. The van der Waals surface area contributed by atoms with Gasteiger partial charge < -0.3 is 14.8 Å². The first-order valence-corrected chi connectivity index (χ1v) is 12.8. The molecule has 1 aromatic heterocycles. The molecule has 1 aliphatic rings. The third-order valence-electron chi connectivity index (χ3n) is 5.56. The van der Waals surface area contributed by atoms with Crippen LogP contribution in [-0.2, 0) is 17.6 Å². The monoisotopic (exact) mass is 497 g/mol. The smallest absolute Gasteiger partial charge is 0.258 e. The van der Waals surface area contributed by atoms with Gasteiger partial charge in [0.25, 0.3) is 5.91 Å². The highest BCUT2D eigenvalue weighted by molar-refractivity contribution is 8.00. The van der Waals surface area contributed by atoms with Crippen LogP contribution in [0.5, 0.6) is 11.5 Å². The Morgan fingerprint density at radius 1 is 1.12 bits per heavy atom. The number of hydrogen-bond acceptors (Lipinski definition) is 7. The van der Waals surface area contributed by atoms with E-state index >= 15 is 0 Å². The van der Waals surface area contributed by atoms with Gasteiger partial charge in [-0.05, 0) is 49.4 Å². The van der Waals surface area contributed by atoms with Gasteiger partial charge in [0.1, 0.15) is 0 Å². The van der Waals surface area contributed by atoms with Crippen LogP contribution in [0, 0.1) is 5.92 Å². The summed E-state index contributed by atoms with van der Waals surface area (Å²) in [5.41, 5.74) is 2.23. The van der Waals surface area contributed by atoms with Crippen molar-refractivity contribution in [2.24, 2.45) is 5.92 Å². The van der Waals surface area contributed by atoms with Crippen molar-refractivity contribution < 1.29 is 19.1 Å². The molecule has 7 nitrogen and oxygen atoms in total. The number of rotatable bonds is 8. The maximum atomic E-state index is 13.0. The van der Waals surface area contributed by atoms with Gasteiger partial charge >= 0.3 is 0 Å². The highest BCUT2D eigenvalue weighted by Crippen LogP contribution is 2.33. The average molecular weight is 498 g/mol. The van der Waals surface area contributed by atoms with Crippen LogP contribution < -0.4 is 20.1 Å². The SMILES string of the molecule is COc1ccc(NC(=O)CSc2ccccc2C(=O)Nc2nc3c(s2)CC(C)CC3)cc1OC. The third kappa shape index (κ3) is 5.71. The number of thioether (sulfide) groups is 1. The second kappa shape index (κ2) is 10.9. The van der Waals surface area contributed by atoms with Gasteiger partial charge in [-0.15, -0.1) is 23.1 Å². The molecule has 0 bridgehead atoms. The highest BCUT2D eigenvalue weighted by Gasteiger charge is 2.21. The summed E-state index contributed by atoms with van der Waals surface area (Å²) in [6.07, 6.45) is 3.12. The van der Waals surface area contributed by atoms with Gasteiger partial charge in [0.2, 0.25) is 5.91 Å². The lowest BCUT2D eigenvalue weighted by Gasteiger charge is -2.15. The van der Waals surface area contributed by atoms with Crippen LogP contribution in [0.3, 0.4) is 0 Å². The van der Waals surface area contributed by atoms with Gasteiger partial charge in [-0.25, -0.2) is 4.98 Å². The minimum Gasteiger partial charge on any atom is -0.493 e. The maximum Gasteiger partial charge on any atom is 0.258 e. The van der Waals surface area contributed by atoms with Crippen LogP contribution in [0.1, 0.15) is 34.3 Å². The van der Waals surface area contributed by atoms with Crippen LogP contribution in [0.15, 0.2) is 47.4 Å². The predicted octanol–water partition coefficient (Wildman–Crippen LogP) is 5.27. The first kappa shape index (κ1) is 24.1. The second-order valence-corrected chi connectivity index (χ2v) is 10.2. The second-order valence-electron chi connectivity index (χ2n) is 8.09. The van der Waals surface area contributed by atoms with Crippen molar-refractivity contribution in [2.45, 2.75) is 31.1 Å². The molecule has 0 radical (unpaired) electrons. The summed E-state index contributed by atoms with van der Waals surface area (Å²) >= 11 is 2.87. The van der Waals surface area contributed by atoms with Gasteiger partial charge in [0.05, 0.1) is 31.2 Å². The molecule has 2 N–H and O–H groups in total. The van der Waals surface area contributed by atoms with E-state index in [-0.39, 0.29) is 17.6 Å². The molecule has 0 aliphatic heterocycles. The summed E-state index contributed by atoms with van der Waals surface area (Å²) in [4.78, 5) is 32.2. The van der Waals surface area contributed by atoms with E-state index < -0.39 is 0 Å². The van der Waals surface area contributed by atoms with Crippen molar-refractivity contribution in [3.8, 4) is 11.5 Å². The fraction of sp³-hybridized carbons (Fsp3) is 0.320. The first-order chi connectivity index (χ1) is 16.5. The molecule has 1 heterocycles. The lowest BCUT2D eigenvalue weighted by atomic mass is 9.93. The summed E-state index contributed by atoms with van der Waals surface area (Å²) in [5.74, 6) is 1.52. The Labute approximate surface area is 207 Å². The standard InChI is InChI=1S/C25H27N3O4S2/c1-15-8-10-18-22(12-15)34-25(27-18)28-24(30)17-6-4-5-7-21(17)33-14-23(29)26-16-9-11-19(31-2)20(13-16)32-3/h4-7,9,11,13,15H,8,10,12,14H2,1-3H3,(H,26,29)(H,27,28,30). The molecule has 0 fully saturated rings. The number of aromatic nitrogens is 1. The zero-order valence-corrected chi connectivity index (χ0v) is 21.0. The van der Waals surface area contributed by atoms with Crippen LogP contribution in [0.2, 0.25) is 0 Å². The molecule has 0 spiro atoms. The highest BCUT2D eigenvalue weighted by atomic mass is 32.2. The Balaban J connectivity index is 1.38. The van der Waals surface area contributed by atoms with Crippen molar-refractivity contribution in [3.63, 3.8) is 0 Å². The largest absolute Gasteiger partial charge is 0.493 e. The van der Waals surface area contributed by atoms with E-state index in [1.807, 2.05) is 18.2 Å². The van der Waals surface area contributed by atoms with Crippen LogP contribution in [0.25, 0.3) is 0 Å². The Morgan fingerprint density at radius 3 is 2.71 bits per heavy atom. The average Bonchev–Trinajstić information content (AvgIpc) is 3.24. The van der Waals surface area contributed by atoms with E-state index in [1.54, 1.807) is 49.8 Å². The number of ether oxygens (including phenoxy) is 2. The van der Waals surface area contributed by atoms with E-state index in [4.69, 9.17) is 9.47 Å². The van der Waals surface area contributed by atoms with E-state index in [0.29, 0.717) is 33.8 Å². The summed E-state index contributed by atoms with van der Waals surface area (Å²) in [5, 5.41) is 6.44. The van der Waals surface area contributed by atoms with Crippen LogP contribution in [-0.4, -0.2) is 36.8 Å². The number of amides is 2. The summed E-state index contributed by atoms with van der Waals surface area (Å²) in [7, 11) is 3.10. The lowest BCUT2D eigenvalue weighted by molar-refractivity contribution is -0.113. The van der Waals surface area contributed by atoms with Crippen molar-refractivity contribution in [1.82, 2.24) is 4.98 Å².